The number of carbonyl (C=O) groups excluding carboxylic acids is 1. The number of aromatic nitrogens is 3. The summed E-state index contributed by atoms with van der Waals surface area (Å²) >= 11 is 1.63. The van der Waals surface area contributed by atoms with E-state index in [1.54, 1.807) is 22.2 Å². The maximum absolute atomic E-state index is 11.9. The second-order valence-corrected chi connectivity index (χ2v) is 6.10. The van der Waals surface area contributed by atoms with E-state index in [0.29, 0.717) is 6.54 Å². The monoisotopic (exact) mass is 307 g/mol. The lowest BCUT2D eigenvalue weighted by atomic mass is 10.1. The average molecular weight is 307 g/mol. The van der Waals surface area contributed by atoms with E-state index in [-0.39, 0.29) is 12.1 Å². The fraction of sp³-hybridized carbons (Fsp3) is 0.500. The topological polar surface area (TPSA) is 71.8 Å². The number of thiazole rings is 1. The first-order valence-electron chi connectivity index (χ1n) is 6.91. The Morgan fingerprint density at radius 1 is 1.48 bits per heavy atom. The minimum absolute atomic E-state index is 0.0692. The Hall–Kier alpha value is -1.89. The molecule has 0 aliphatic carbocycles. The van der Waals surface area contributed by atoms with Gasteiger partial charge in [0.25, 0.3) is 0 Å². The number of nitrogens with zero attached hydrogens (tertiary/aromatic N) is 3. The van der Waals surface area contributed by atoms with Crippen molar-refractivity contribution < 1.29 is 4.79 Å². The summed E-state index contributed by atoms with van der Waals surface area (Å²) < 4.78 is 1.80. The number of urea groups is 1. The van der Waals surface area contributed by atoms with Gasteiger partial charge < -0.3 is 10.6 Å². The fourth-order valence-corrected chi connectivity index (χ4v) is 2.74. The number of carbonyl (C=O) groups is 1. The van der Waals surface area contributed by atoms with Crippen molar-refractivity contribution in [1.82, 2.24) is 25.4 Å². The van der Waals surface area contributed by atoms with E-state index in [4.69, 9.17) is 0 Å². The van der Waals surface area contributed by atoms with Gasteiger partial charge >= 0.3 is 6.03 Å². The third kappa shape index (κ3) is 4.04. The molecule has 0 aromatic carbocycles. The maximum atomic E-state index is 11.9. The molecule has 21 heavy (non-hydrogen) atoms. The quantitative estimate of drug-likeness (QED) is 0.888. The summed E-state index contributed by atoms with van der Waals surface area (Å²) in [6, 6.07) is -0.238. The van der Waals surface area contributed by atoms with Crippen molar-refractivity contribution in [2.75, 3.05) is 6.54 Å². The van der Waals surface area contributed by atoms with E-state index >= 15 is 0 Å². The second kappa shape index (κ2) is 6.71. The molecule has 0 aliphatic heterocycles. The fourth-order valence-electron chi connectivity index (χ4n) is 2.09. The Morgan fingerprint density at radius 2 is 2.24 bits per heavy atom. The van der Waals surface area contributed by atoms with Gasteiger partial charge in [-0.15, -0.1) is 11.3 Å². The molecule has 0 fully saturated rings. The van der Waals surface area contributed by atoms with Gasteiger partial charge in [0, 0.05) is 36.7 Å². The number of amides is 2. The van der Waals surface area contributed by atoms with Crippen LogP contribution in [0.3, 0.4) is 0 Å². The lowest BCUT2D eigenvalue weighted by Gasteiger charge is -2.14. The first kappa shape index (κ1) is 15.5. The summed E-state index contributed by atoms with van der Waals surface area (Å²) in [4.78, 5) is 16.2. The first-order valence-corrected chi connectivity index (χ1v) is 7.79. The largest absolute Gasteiger partial charge is 0.338 e. The third-order valence-electron chi connectivity index (χ3n) is 3.42. The van der Waals surface area contributed by atoms with Crippen LogP contribution in [0.25, 0.3) is 0 Å². The highest BCUT2D eigenvalue weighted by Gasteiger charge is 2.14. The van der Waals surface area contributed by atoms with Gasteiger partial charge in [-0.05, 0) is 20.8 Å². The van der Waals surface area contributed by atoms with Crippen LogP contribution in [-0.2, 0) is 13.5 Å². The van der Waals surface area contributed by atoms with E-state index in [2.05, 4.69) is 20.7 Å². The van der Waals surface area contributed by atoms with Crippen LogP contribution in [-0.4, -0.2) is 27.3 Å². The van der Waals surface area contributed by atoms with Crippen LogP contribution >= 0.6 is 11.3 Å². The molecule has 2 aromatic rings. The van der Waals surface area contributed by atoms with Gasteiger partial charge in [0.2, 0.25) is 0 Å². The van der Waals surface area contributed by atoms with Gasteiger partial charge in [0.05, 0.1) is 22.9 Å². The summed E-state index contributed by atoms with van der Waals surface area (Å²) in [6.07, 6.45) is 2.54. The first-order chi connectivity index (χ1) is 9.97. The molecule has 7 heteroatoms. The van der Waals surface area contributed by atoms with Crippen LogP contribution in [0.4, 0.5) is 4.79 Å². The van der Waals surface area contributed by atoms with E-state index < -0.39 is 0 Å². The predicted molar refractivity (Wildman–Crippen MR) is 83.4 cm³/mol. The smallest absolute Gasteiger partial charge is 0.315 e. The van der Waals surface area contributed by atoms with Crippen molar-refractivity contribution in [3.63, 3.8) is 0 Å². The minimum atomic E-state index is -0.169. The van der Waals surface area contributed by atoms with Crippen LogP contribution in [0.1, 0.15) is 34.9 Å². The van der Waals surface area contributed by atoms with Gasteiger partial charge in [-0.3, -0.25) is 4.68 Å². The van der Waals surface area contributed by atoms with Crippen molar-refractivity contribution in [3.05, 3.63) is 33.5 Å². The van der Waals surface area contributed by atoms with Crippen LogP contribution in [0, 0.1) is 13.8 Å². The average Bonchev–Trinajstić information content (AvgIpc) is 2.97. The van der Waals surface area contributed by atoms with Crippen LogP contribution < -0.4 is 10.6 Å². The number of aryl methyl sites for hydroxylation is 2. The van der Waals surface area contributed by atoms with Crippen molar-refractivity contribution in [1.29, 1.82) is 0 Å². The van der Waals surface area contributed by atoms with Gasteiger partial charge in [0.1, 0.15) is 0 Å². The minimum Gasteiger partial charge on any atom is -0.338 e. The Bertz CT molecular complexity index is 619. The SMILES string of the molecule is Cc1nc(CCNC(=O)N[C@@H](C)c2cnn(C)c2C)cs1. The molecule has 1 atom stereocenters. The van der Waals surface area contributed by atoms with Crippen LogP contribution in [0.5, 0.6) is 0 Å². The number of nitrogens with one attached hydrogen (secondary N) is 2. The molecule has 2 rings (SSSR count). The van der Waals surface area contributed by atoms with Gasteiger partial charge in [-0.1, -0.05) is 0 Å². The molecule has 2 amide bonds. The van der Waals surface area contributed by atoms with Gasteiger partial charge in [0.15, 0.2) is 0 Å². The molecule has 2 heterocycles. The second-order valence-electron chi connectivity index (χ2n) is 5.04. The summed E-state index contributed by atoms with van der Waals surface area (Å²) in [5.41, 5.74) is 3.11. The zero-order chi connectivity index (χ0) is 15.4. The molecule has 0 radical (unpaired) electrons. The molecule has 0 saturated carbocycles. The molecule has 2 aromatic heterocycles. The Kier molecular flexibility index (Phi) is 4.95. The maximum Gasteiger partial charge on any atom is 0.315 e. The van der Waals surface area contributed by atoms with Crippen LogP contribution in [0.15, 0.2) is 11.6 Å². The third-order valence-corrected chi connectivity index (χ3v) is 4.24. The molecule has 0 aliphatic rings. The highest BCUT2D eigenvalue weighted by molar-refractivity contribution is 7.09. The predicted octanol–water partition coefficient (Wildman–Crippen LogP) is 2.10. The summed E-state index contributed by atoms with van der Waals surface area (Å²) in [7, 11) is 1.89. The summed E-state index contributed by atoms with van der Waals surface area (Å²) in [5.74, 6) is 0. The molecule has 0 spiro atoms. The summed E-state index contributed by atoms with van der Waals surface area (Å²) in [5, 5.41) is 13.0. The van der Waals surface area contributed by atoms with Crippen molar-refractivity contribution in [2.24, 2.45) is 7.05 Å². The van der Waals surface area contributed by atoms with Crippen molar-refractivity contribution >= 4 is 17.4 Å². The molecular weight excluding hydrogens is 286 g/mol. The van der Waals surface area contributed by atoms with E-state index in [0.717, 1.165) is 28.4 Å². The normalized spacial score (nSPS) is 12.2. The van der Waals surface area contributed by atoms with Crippen LogP contribution in [0.2, 0.25) is 0 Å². The Morgan fingerprint density at radius 3 is 2.81 bits per heavy atom. The molecule has 6 nitrogen and oxygen atoms in total. The lowest BCUT2D eigenvalue weighted by Crippen LogP contribution is -2.38. The van der Waals surface area contributed by atoms with Gasteiger partial charge in [-0.25, -0.2) is 9.78 Å². The zero-order valence-corrected chi connectivity index (χ0v) is 13.6. The number of hydrogen-bond acceptors (Lipinski definition) is 4. The number of hydrogen-bond donors (Lipinski definition) is 2. The molecular formula is C14H21N5OS. The lowest BCUT2D eigenvalue weighted by molar-refractivity contribution is 0.238. The molecule has 0 saturated heterocycles. The van der Waals surface area contributed by atoms with Crippen molar-refractivity contribution in [2.45, 2.75) is 33.2 Å². The standard InChI is InChI=1S/C14H21N5OS/c1-9(13-7-16-19(4)10(13)2)17-14(20)15-6-5-12-8-21-11(3)18-12/h7-9H,5-6H2,1-4H3,(H2,15,17,20)/t9-/m0/s1. The number of rotatable bonds is 5. The van der Waals surface area contributed by atoms with E-state index in [9.17, 15) is 4.79 Å². The van der Waals surface area contributed by atoms with E-state index in [1.807, 2.05) is 33.2 Å². The zero-order valence-electron chi connectivity index (χ0n) is 12.8. The van der Waals surface area contributed by atoms with Gasteiger partial charge in [-0.2, -0.15) is 5.10 Å². The van der Waals surface area contributed by atoms with E-state index in [1.165, 1.54) is 0 Å². The Balaban J connectivity index is 1.77. The molecule has 114 valence electrons. The highest BCUT2D eigenvalue weighted by atomic mass is 32.1. The molecule has 2 N–H and O–H groups in total. The molecule has 0 bridgehead atoms. The highest BCUT2D eigenvalue weighted by Crippen LogP contribution is 2.15. The molecule has 0 unspecified atom stereocenters. The Labute approximate surface area is 128 Å². The summed E-state index contributed by atoms with van der Waals surface area (Å²) in [6.45, 7) is 6.50. The van der Waals surface area contributed by atoms with Crippen molar-refractivity contribution in [3.8, 4) is 0 Å².